The van der Waals surface area contributed by atoms with Crippen LogP contribution in [0.3, 0.4) is 0 Å². The number of esters is 1. The molecular weight excluding hydrogens is 268 g/mol. The Kier molecular flexibility index (Phi) is 6.74. The Morgan fingerprint density at radius 1 is 1.42 bits per heavy atom. The van der Waals surface area contributed by atoms with Crippen LogP contribution in [0.15, 0.2) is 0 Å². The van der Waals surface area contributed by atoms with Gasteiger partial charge < -0.3 is 10.1 Å². The summed E-state index contributed by atoms with van der Waals surface area (Å²) in [6.45, 7) is 3.16. The second-order valence-corrected chi connectivity index (χ2v) is 6.64. The third kappa shape index (κ3) is 5.08. The Hall–Kier alpha value is -0.660. The van der Waals surface area contributed by atoms with Crippen LogP contribution in [0.1, 0.15) is 32.6 Å². The smallest absolute Gasteiger partial charge is 0.322 e. The van der Waals surface area contributed by atoms with Crippen LogP contribution in [0.5, 0.6) is 0 Å². The molecule has 19 heavy (non-hydrogen) atoms. The summed E-state index contributed by atoms with van der Waals surface area (Å²) in [6.07, 6.45) is 3.54. The highest BCUT2D eigenvalue weighted by Crippen LogP contribution is 2.23. The zero-order valence-corrected chi connectivity index (χ0v) is 12.5. The number of hydrogen-bond donors (Lipinski definition) is 1. The van der Waals surface area contributed by atoms with Crippen LogP contribution in [0.4, 0.5) is 0 Å². The molecule has 1 heterocycles. The van der Waals surface area contributed by atoms with Gasteiger partial charge in [0.05, 0.1) is 6.61 Å². The number of carbonyl (C=O) groups is 1. The summed E-state index contributed by atoms with van der Waals surface area (Å²) in [5.41, 5.74) is 0. The normalized spacial score (nSPS) is 21.3. The van der Waals surface area contributed by atoms with E-state index in [-0.39, 0.29) is 12.6 Å². The summed E-state index contributed by atoms with van der Waals surface area (Å²) < 4.78 is 30.7. The largest absolute Gasteiger partial charge is 0.465 e. The van der Waals surface area contributed by atoms with Crippen molar-refractivity contribution in [3.63, 3.8) is 0 Å². The number of sulfonamides is 1. The number of piperidine rings is 1. The summed E-state index contributed by atoms with van der Waals surface area (Å²) in [6, 6.07) is 0.000580. The fourth-order valence-corrected chi connectivity index (χ4v) is 3.99. The van der Waals surface area contributed by atoms with E-state index in [1.54, 1.807) is 6.92 Å². The van der Waals surface area contributed by atoms with E-state index >= 15 is 0 Å². The average Bonchev–Trinajstić information content (AvgIpc) is 2.36. The second kappa shape index (κ2) is 7.81. The monoisotopic (exact) mass is 292 g/mol. The molecule has 7 heteroatoms. The number of ether oxygens (including phenoxy) is 1. The van der Waals surface area contributed by atoms with E-state index < -0.39 is 21.7 Å². The molecular formula is C12H24N2O4S. The van der Waals surface area contributed by atoms with Gasteiger partial charge in [-0.05, 0) is 39.8 Å². The molecule has 0 saturated carbocycles. The maximum absolute atomic E-state index is 12.2. The zero-order valence-electron chi connectivity index (χ0n) is 11.7. The Labute approximate surface area is 115 Å². The van der Waals surface area contributed by atoms with Crippen LogP contribution >= 0.6 is 0 Å². The molecule has 0 spiro atoms. The van der Waals surface area contributed by atoms with E-state index in [9.17, 15) is 13.2 Å². The lowest BCUT2D eigenvalue weighted by Crippen LogP contribution is -2.46. The molecule has 1 N–H and O–H groups in total. The van der Waals surface area contributed by atoms with Crippen LogP contribution in [0, 0.1) is 0 Å². The molecule has 1 rings (SSSR count). The third-order valence-corrected chi connectivity index (χ3v) is 5.06. The van der Waals surface area contributed by atoms with E-state index in [1.165, 1.54) is 4.31 Å². The van der Waals surface area contributed by atoms with Crippen molar-refractivity contribution in [3.8, 4) is 0 Å². The van der Waals surface area contributed by atoms with Crippen molar-refractivity contribution in [1.82, 2.24) is 9.62 Å². The van der Waals surface area contributed by atoms with Gasteiger partial charge in [-0.3, -0.25) is 4.79 Å². The molecule has 6 nitrogen and oxygen atoms in total. The molecule has 0 aromatic rings. The quantitative estimate of drug-likeness (QED) is 0.685. The predicted molar refractivity (Wildman–Crippen MR) is 73.3 cm³/mol. The molecule has 1 atom stereocenters. The zero-order chi connectivity index (χ0) is 14.3. The maximum Gasteiger partial charge on any atom is 0.322 e. The molecule has 0 aromatic carbocycles. The summed E-state index contributed by atoms with van der Waals surface area (Å²) in [5.74, 6) is -1.21. The van der Waals surface area contributed by atoms with Gasteiger partial charge in [0.1, 0.15) is 0 Å². The van der Waals surface area contributed by atoms with E-state index in [4.69, 9.17) is 4.74 Å². The summed E-state index contributed by atoms with van der Waals surface area (Å²) >= 11 is 0. The number of nitrogens with zero attached hydrogens (tertiary/aromatic N) is 1. The lowest BCUT2D eigenvalue weighted by molar-refractivity contribution is -0.140. The molecule has 1 fully saturated rings. The minimum Gasteiger partial charge on any atom is -0.465 e. The average molecular weight is 292 g/mol. The van der Waals surface area contributed by atoms with Crippen LogP contribution in [-0.2, 0) is 19.6 Å². The van der Waals surface area contributed by atoms with Crippen LogP contribution < -0.4 is 5.32 Å². The van der Waals surface area contributed by atoms with Gasteiger partial charge in [-0.2, -0.15) is 4.31 Å². The standard InChI is InChI=1S/C12H24N2O4S/c1-3-18-12(15)10-19(16,17)14-9-5-4-6-11(14)7-8-13-2/h11,13H,3-10H2,1-2H3. The first kappa shape index (κ1) is 16.4. The van der Waals surface area contributed by atoms with Crippen molar-refractivity contribution in [2.24, 2.45) is 0 Å². The summed E-state index contributed by atoms with van der Waals surface area (Å²) in [7, 11) is -1.71. The highest BCUT2D eigenvalue weighted by atomic mass is 32.2. The van der Waals surface area contributed by atoms with Crippen molar-refractivity contribution in [2.45, 2.75) is 38.6 Å². The number of nitrogens with one attached hydrogen (secondary N) is 1. The lowest BCUT2D eigenvalue weighted by atomic mass is 10.0. The highest BCUT2D eigenvalue weighted by Gasteiger charge is 2.33. The second-order valence-electron chi connectivity index (χ2n) is 4.71. The van der Waals surface area contributed by atoms with E-state index in [2.05, 4.69) is 5.32 Å². The van der Waals surface area contributed by atoms with Gasteiger partial charge in [0.25, 0.3) is 0 Å². The van der Waals surface area contributed by atoms with Gasteiger partial charge in [-0.25, -0.2) is 8.42 Å². The van der Waals surface area contributed by atoms with Gasteiger partial charge in [-0.1, -0.05) is 6.42 Å². The molecule has 0 bridgehead atoms. The Bertz CT molecular complexity index is 383. The van der Waals surface area contributed by atoms with Crippen LogP contribution in [-0.4, -0.2) is 57.2 Å². The molecule has 1 aliphatic rings. The van der Waals surface area contributed by atoms with Crippen LogP contribution in [0.25, 0.3) is 0 Å². The van der Waals surface area contributed by atoms with Crippen molar-refractivity contribution in [2.75, 3.05) is 32.5 Å². The molecule has 112 valence electrons. The summed E-state index contributed by atoms with van der Waals surface area (Å²) in [4.78, 5) is 11.4. The molecule has 1 aliphatic heterocycles. The third-order valence-electron chi connectivity index (χ3n) is 3.26. The van der Waals surface area contributed by atoms with Crippen molar-refractivity contribution < 1.29 is 17.9 Å². The highest BCUT2D eigenvalue weighted by molar-refractivity contribution is 7.89. The maximum atomic E-state index is 12.2. The Morgan fingerprint density at radius 2 is 2.16 bits per heavy atom. The minimum absolute atomic E-state index is 0.000580. The Balaban J connectivity index is 2.69. The molecule has 1 saturated heterocycles. The van der Waals surface area contributed by atoms with Crippen molar-refractivity contribution in [3.05, 3.63) is 0 Å². The minimum atomic E-state index is -3.55. The molecule has 0 aliphatic carbocycles. The molecule has 1 unspecified atom stereocenters. The Morgan fingerprint density at radius 3 is 2.79 bits per heavy atom. The lowest BCUT2D eigenvalue weighted by Gasteiger charge is -2.34. The van der Waals surface area contributed by atoms with Gasteiger partial charge in [0.15, 0.2) is 5.75 Å². The SMILES string of the molecule is CCOC(=O)CS(=O)(=O)N1CCCCC1CCNC. The topological polar surface area (TPSA) is 75.7 Å². The first-order chi connectivity index (χ1) is 9.01. The number of rotatable bonds is 7. The summed E-state index contributed by atoms with van der Waals surface area (Å²) in [5, 5.41) is 3.03. The van der Waals surface area contributed by atoms with Gasteiger partial charge in [-0.15, -0.1) is 0 Å². The van der Waals surface area contributed by atoms with E-state index in [0.717, 1.165) is 32.2 Å². The fraction of sp³-hybridized carbons (Fsp3) is 0.917. The predicted octanol–water partition coefficient (Wildman–Crippen LogP) is 0.343. The molecule has 0 amide bonds. The van der Waals surface area contributed by atoms with Crippen molar-refractivity contribution >= 4 is 16.0 Å². The molecule has 0 radical (unpaired) electrons. The number of hydrogen-bond acceptors (Lipinski definition) is 5. The van der Waals surface area contributed by atoms with Gasteiger partial charge >= 0.3 is 5.97 Å². The first-order valence-corrected chi connectivity index (χ1v) is 8.42. The fourth-order valence-electron chi connectivity index (χ4n) is 2.37. The van der Waals surface area contributed by atoms with Gasteiger partial charge in [0, 0.05) is 12.6 Å². The number of carbonyl (C=O) groups excluding carboxylic acids is 1. The van der Waals surface area contributed by atoms with E-state index in [1.807, 2.05) is 7.05 Å². The van der Waals surface area contributed by atoms with E-state index in [0.29, 0.717) is 6.54 Å². The van der Waals surface area contributed by atoms with Crippen molar-refractivity contribution in [1.29, 1.82) is 0 Å². The first-order valence-electron chi connectivity index (χ1n) is 6.81. The van der Waals surface area contributed by atoms with Crippen LogP contribution in [0.2, 0.25) is 0 Å². The molecule has 0 aromatic heterocycles. The van der Waals surface area contributed by atoms with Gasteiger partial charge in [0.2, 0.25) is 10.0 Å².